The highest BCUT2D eigenvalue weighted by molar-refractivity contribution is 5.54. The van der Waals surface area contributed by atoms with Crippen molar-refractivity contribution >= 4 is 5.69 Å². The largest absolute Gasteiger partial charge is 0.387 e. The number of para-hydroxylation sites is 1. The van der Waals surface area contributed by atoms with Gasteiger partial charge in [0.25, 0.3) is 0 Å². The Morgan fingerprint density at radius 2 is 1.75 bits per heavy atom. The molecule has 1 heterocycles. The average Bonchev–Trinajstić information content (AvgIpc) is 3.24. The van der Waals surface area contributed by atoms with Gasteiger partial charge < -0.3 is 10.0 Å². The van der Waals surface area contributed by atoms with E-state index in [1.54, 1.807) is 0 Å². The molecule has 1 saturated heterocycles. The van der Waals surface area contributed by atoms with Crippen LogP contribution in [0.2, 0.25) is 0 Å². The van der Waals surface area contributed by atoms with Crippen molar-refractivity contribution in [1.29, 1.82) is 0 Å². The van der Waals surface area contributed by atoms with E-state index in [0.717, 1.165) is 31.6 Å². The van der Waals surface area contributed by atoms with Gasteiger partial charge in [0.2, 0.25) is 0 Å². The summed E-state index contributed by atoms with van der Waals surface area (Å²) in [7, 11) is 2.14. The molecular formula is C21H26N2O. The number of nitrogens with zero attached hydrogens (tertiary/aromatic N) is 2. The van der Waals surface area contributed by atoms with E-state index in [9.17, 15) is 5.11 Å². The number of anilines is 1. The molecule has 2 atom stereocenters. The van der Waals surface area contributed by atoms with Gasteiger partial charge in [-0.15, -0.1) is 0 Å². The van der Waals surface area contributed by atoms with Crippen LogP contribution < -0.4 is 4.90 Å². The van der Waals surface area contributed by atoms with E-state index in [-0.39, 0.29) is 12.1 Å². The van der Waals surface area contributed by atoms with Crippen LogP contribution in [0.15, 0.2) is 48.5 Å². The minimum absolute atomic E-state index is 0.161. The molecule has 0 radical (unpaired) electrons. The lowest BCUT2D eigenvalue weighted by Crippen LogP contribution is -2.35. The normalized spacial score (nSPS) is 23.0. The zero-order valence-corrected chi connectivity index (χ0v) is 14.4. The minimum Gasteiger partial charge on any atom is -0.387 e. The molecule has 2 unspecified atom stereocenters. The molecular weight excluding hydrogens is 296 g/mol. The van der Waals surface area contributed by atoms with Gasteiger partial charge in [0.15, 0.2) is 0 Å². The number of aliphatic hydroxyl groups excluding tert-OH is 1. The molecule has 0 amide bonds. The molecule has 2 aromatic rings. The van der Waals surface area contributed by atoms with Gasteiger partial charge in [0.1, 0.15) is 0 Å². The van der Waals surface area contributed by atoms with Crippen molar-refractivity contribution in [2.75, 3.05) is 25.0 Å². The molecule has 3 nitrogen and oxygen atoms in total. The summed E-state index contributed by atoms with van der Waals surface area (Å²) in [6, 6.07) is 17.2. The molecule has 126 valence electrons. The zero-order chi connectivity index (χ0) is 16.5. The number of hydrogen-bond acceptors (Lipinski definition) is 3. The highest BCUT2D eigenvalue weighted by Gasteiger charge is 2.33. The molecule has 0 aromatic heterocycles. The maximum Gasteiger partial charge on any atom is 0.0951 e. The van der Waals surface area contributed by atoms with Crippen molar-refractivity contribution in [2.24, 2.45) is 0 Å². The third kappa shape index (κ3) is 2.83. The summed E-state index contributed by atoms with van der Waals surface area (Å²) >= 11 is 0. The van der Waals surface area contributed by atoms with Crippen molar-refractivity contribution in [2.45, 2.75) is 38.0 Å². The molecule has 1 fully saturated rings. The first-order valence-corrected chi connectivity index (χ1v) is 9.03. The van der Waals surface area contributed by atoms with E-state index in [4.69, 9.17) is 0 Å². The summed E-state index contributed by atoms with van der Waals surface area (Å²) in [5.74, 6) is 0. The first kappa shape index (κ1) is 15.7. The number of aliphatic hydroxyl groups is 1. The van der Waals surface area contributed by atoms with Crippen molar-refractivity contribution in [3.8, 4) is 0 Å². The third-order valence-corrected chi connectivity index (χ3v) is 5.59. The molecule has 0 bridgehead atoms. The lowest BCUT2D eigenvalue weighted by Gasteiger charge is -2.29. The molecule has 0 saturated carbocycles. The Balaban J connectivity index is 1.52. The van der Waals surface area contributed by atoms with Gasteiger partial charge in [-0.3, -0.25) is 4.90 Å². The lowest BCUT2D eigenvalue weighted by molar-refractivity contribution is 0.0722. The predicted octanol–water partition coefficient (Wildman–Crippen LogP) is 3.38. The highest BCUT2D eigenvalue weighted by atomic mass is 16.3. The molecule has 3 heteroatoms. The number of hydrogen-bond donors (Lipinski definition) is 1. The van der Waals surface area contributed by atoms with Crippen molar-refractivity contribution < 1.29 is 5.11 Å². The Kier molecular flexibility index (Phi) is 4.30. The van der Waals surface area contributed by atoms with E-state index in [1.807, 2.05) is 6.07 Å². The van der Waals surface area contributed by atoms with E-state index < -0.39 is 0 Å². The second-order valence-electron chi connectivity index (χ2n) is 7.15. The molecule has 2 aromatic carbocycles. The van der Waals surface area contributed by atoms with Crippen LogP contribution in [0.5, 0.6) is 0 Å². The van der Waals surface area contributed by atoms with Crippen LogP contribution >= 0.6 is 0 Å². The van der Waals surface area contributed by atoms with Gasteiger partial charge in [-0.05, 0) is 49.1 Å². The minimum atomic E-state index is -0.384. The molecule has 2 aliphatic rings. The number of fused-ring (bicyclic) bond motifs is 1. The predicted molar refractivity (Wildman–Crippen MR) is 98.2 cm³/mol. The van der Waals surface area contributed by atoms with Crippen LogP contribution in [0.3, 0.4) is 0 Å². The van der Waals surface area contributed by atoms with Gasteiger partial charge in [-0.25, -0.2) is 0 Å². The van der Waals surface area contributed by atoms with Gasteiger partial charge in [-0.1, -0.05) is 42.5 Å². The number of benzene rings is 2. The van der Waals surface area contributed by atoms with Gasteiger partial charge >= 0.3 is 0 Å². The van der Waals surface area contributed by atoms with E-state index in [2.05, 4.69) is 59.3 Å². The summed E-state index contributed by atoms with van der Waals surface area (Å²) in [6.07, 6.45) is 3.13. The van der Waals surface area contributed by atoms with Crippen molar-refractivity contribution in [1.82, 2.24) is 4.90 Å². The second-order valence-corrected chi connectivity index (χ2v) is 7.15. The van der Waals surface area contributed by atoms with Crippen LogP contribution in [-0.2, 0) is 13.0 Å². The fourth-order valence-electron chi connectivity index (χ4n) is 4.25. The third-order valence-electron chi connectivity index (χ3n) is 5.59. The molecule has 4 rings (SSSR count). The smallest absolute Gasteiger partial charge is 0.0951 e. The first-order valence-electron chi connectivity index (χ1n) is 9.03. The lowest BCUT2D eigenvalue weighted by atomic mass is 10.1. The summed E-state index contributed by atoms with van der Waals surface area (Å²) in [6.45, 7) is 3.21. The number of rotatable bonds is 4. The van der Waals surface area contributed by atoms with E-state index in [1.165, 1.54) is 29.7 Å². The fraction of sp³-hybridized carbons (Fsp3) is 0.429. The van der Waals surface area contributed by atoms with Crippen LogP contribution in [-0.4, -0.2) is 36.2 Å². The topological polar surface area (TPSA) is 26.7 Å². The summed E-state index contributed by atoms with van der Waals surface area (Å²) < 4.78 is 0. The Hall–Kier alpha value is -1.84. The SMILES string of the molecule is CN(Cc1ccccc1N1CCCC1)C1Cc2ccccc2C1O. The fourth-order valence-corrected chi connectivity index (χ4v) is 4.25. The zero-order valence-electron chi connectivity index (χ0n) is 14.4. The highest BCUT2D eigenvalue weighted by Crippen LogP contribution is 2.35. The van der Waals surface area contributed by atoms with Crippen molar-refractivity contribution in [3.63, 3.8) is 0 Å². The maximum atomic E-state index is 10.7. The van der Waals surface area contributed by atoms with Crippen LogP contribution in [0, 0.1) is 0 Å². The van der Waals surface area contributed by atoms with E-state index >= 15 is 0 Å². The quantitative estimate of drug-likeness (QED) is 0.935. The van der Waals surface area contributed by atoms with Crippen LogP contribution in [0.1, 0.15) is 35.6 Å². The summed E-state index contributed by atoms with van der Waals surface area (Å²) in [5.41, 5.74) is 5.12. The number of likely N-dealkylation sites (N-methyl/N-ethyl adjacent to an activating group) is 1. The standard InChI is InChI=1S/C21H26N2O/c1-22(20-14-16-8-2-4-10-18(16)21(20)24)15-17-9-3-5-11-19(17)23-12-6-7-13-23/h2-5,8-11,20-21,24H,6-7,12-15H2,1H3. The van der Waals surface area contributed by atoms with Gasteiger partial charge in [-0.2, -0.15) is 0 Å². The average molecular weight is 322 g/mol. The first-order chi connectivity index (χ1) is 11.7. The van der Waals surface area contributed by atoms with Crippen molar-refractivity contribution in [3.05, 3.63) is 65.2 Å². The Morgan fingerprint density at radius 1 is 1.04 bits per heavy atom. The van der Waals surface area contributed by atoms with Crippen LogP contribution in [0.4, 0.5) is 5.69 Å². The monoisotopic (exact) mass is 322 g/mol. The van der Waals surface area contributed by atoms with Crippen LogP contribution in [0.25, 0.3) is 0 Å². The van der Waals surface area contributed by atoms with Gasteiger partial charge in [0, 0.05) is 31.4 Å². The molecule has 1 aliphatic heterocycles. The maximum absolute atomic E-state index is 10.7. The summed E-state index contributed by atoms with van der Waals surface area (Å²) in [5, 5.41) is 10.7. The Morgan fingerprint density at radius 3 is 2.54 bits per heavy atom. The summed E-state index contributed by atoms with van der Waals surface area (Å²) in [4.78, 5) is 4.82. The second kappa shape index (κ2) is 6.58. The van der Waals surface area contributed by atoms with E-state index in [0.29, 0.717) is 0 Å². The molecule has 24 heavy (non-hydrogen) atoms. The Bertz CT molecular complexity index is 708. The molecule has 1 aliphatic carbocycles. The van der Waals surface area contributed by atoms with Gasteiger partial charge in [0.05, 0.1) is 6.10 Å². The molecule has 0 spiro atoms. The Labute approximate surface area is 144 Å². The molecule has 1 N–H and O–H groups in total.